The Bertz CT molecular complexity index is 911. The number of nitrogens with one attached hydrogen (secondary N) is 1. The number of piperidine rings is 1. The smallest absolute Gasteiger partial charge is 0.324 e. The predicted molar refractivity (Wildman–Crippen MR) is 109 cm³/mol. The number of amides is 2. The van der Waals surface area contributed by atoms with Crippen LogP contribution < -0.4 is 19.7 Å². The number of urea groups is 1. The molecule has 1 unspecified atom stereocenters. The van der Waals surface area contributed by atoms with Crippen molar-refractivity contribution in [1.82, 2.24) is 15.2 Å². The summed E-state index contributed by atoms with van der Waals surface area (Å²) in [6.07, 6.45) is 2.02. The molecule has 2 amide bonds. The van der Waals surface area contributed by atoms with E-state index in [-0.39, 0.29) is 6.03 Å². The molecule has 8 heteroatoms. The van der Waals surface area contributed by atoms with Crippen LogP contribution in [0.2, 0.25) is 0 Å². The van der Waals surface area contributed by atoms with Crippen LogP contribution in [0.3, 0.4) is 0 Å². The predicted octanol–water partition coefficient (Wildman–Crippen LogP) is 2.50. The van der Waals surface area contributed by atoms with Crippen molar-refractivity contribution in [3.63, 3.8) is 0 Å². The van der Waals surface area contributed by atoms with E-state index in [0.29, 0.717) is 30.2 Å². The van der Waals surface area contributed by atoms with Crippen LogP contribution in [0, 0.1) is 6.92 Å². The van der Waals surface area contributed by atoms with Crippen LogP contribution in [0.1, 0.15) is 18.4 Å². The molecular weight excluding hydrogens is 372 g/mol. The first-order chi connectivity index (χ1) is 13.9. The number of aromatic nitrogens is 1. The average molecular weight is 398 g/mol. The maximum absolute atomic E-state index is 12.7. The number of benzene rings is 1. The van der Waals surface area contributed by atoms with Crippen molar-refractivity contribution < 1.29 is 19.4 Å². The first kappa shape index (κ1) is 19.5. The number of ether oxygens (including phenoxy) is 2. The Hall–Kier alpha value is -2.84. The van der Waals surface area contributed by atoms with Gasteiger partial charge in [0, 0.05) is 31.4 Å². The van der Waals surface area contributed by atoms with E-state index in [1.165, 1.54) is 4.90 Å². The molecule has 29 heavy (non-hydrogen) atoms. The van der Waals surface area contributed by atoms with Crippen molar-refractivity contribution in [3.8, 4) is 17.4 Å². The molecule has 8 nitrogen and oxygen atoms in total. The Balaban J connectivity index is 1.56. The number of methoxy groups -OCH3 is 1. The molecule has 154 valence electrons. The standard InChI is InChI=1S/C21H26N4O4/c1-14-4-5-16(13-17(14)28-3)29-18-12-15(6-9-22-18)25-19(26)21(23-20(25)27)7-10-24(2)11-8-21/h4-6,9,12-13,19,26H,7-8,10-11H2,1-3H3,(H,23,27). The van der Waals surface area contributed by atoms with Gasteiger partial charge in [0.1, 0.15) is 11.5 Å². The number of aliphatic hydroxyl groups is 1. The summed E-state index contributed by atoms with van der Waals surface area (Å²) in [5.74, 6) is 1.63. The van der Waals surface area contributed by atoms with Crippen LogP contribution >= 0.6 is 0 Å². The molecule has 0 saturated carbocycles. The van der Waals surface area contributed by atoms with Gasteiger partial charge in [-0.2, -0.15) is 0 Å². The highest BCUT2D eigenvalue weighted by Gasteiger charge is 2.52. The van der Waals surface area contributed by atoms with Gasteiger partial charge in [-0.25, -0.2) is 9.78 Å². The Morgan fingerprint density at radius 1 is 1.24 bits per heavy atom. The summed E-state index contributed by atoms with van der Waals surface area (Å²) >= 11 is 0. The Labute approximate surface area is 170 Å². The van der Waals surface area contributed by atoms with E-state index < -0.39 is 11.8 Å². The normalized spacial score (nSPS) is 21.3. The van der Waals surface area contributed by atoms with Crippen molar-refractivity contribution in [3.05, 3.63) is 42.1 Å². The van der Waals surface area contributed by atoms with Gasteiger partial charge < -0.3 is 24.8 Å². The van der Waals surface area contributed by atoms with Crippen LogP contribution in [-0.4, -0.2) is 60.0 Å². The third-order valence-corrected chi connectivity index (χ3v) is 5.79. The van der Waals surface area contributed by atoms with Crippen LogP contribution in [0.15, 0.2) is 36.5 Å². The van der Waals surface area contributed by atoms with Gasteiger partial charge in [0.05, 0.1) is 18.3 Å². The number of likely N-dealkylation sites (tertiary alicyclic amines) is 1. The Kier molecular flexibility index (Phi) is 5.06. The molecule has 4 rings (SSSR count). The lowest BCUT2D eigenvalue weighted by atomic mass is 9.86. The highest BCUT2D eigenvalue weighted by molar-refractivity contribution is 5.96. The quantitative estimate of drug-likeness (QED) is 0.823. The second-order valence-electron chi connectivity index (χ2n) is 7.72. The number of hydrogen-bond donors (Lipinski definition) is 2. The minimum atomic E-state index is -0.946. The third kappa shape index (κ3) is 3.61. The zero-order valence-electron chi connectivity index (χ0n) is 16.9. The minimum Gasteiger partial charge on any atom is -0.496 e. The lowest BCUT2D eigenvalue weighted by molar-refractivity contribution is 0.0518. The summed E-state index contributed by atoms with van der Waals surface area (Å²) in [6.45, 7) is 3.60. The number of carbonyl (C=O) groups is 1. The lowest BCUT2D eigenvalue weighted by Crippen LogP contribution is -2.56. The number of hydrogen-bond acceptors (Lipinski definition) is 6. The van der Waals surface area contributed by atoms with Gasteiger partial charge in [0.2, 0.25) is 5.88 Å². The molecule has 2 N–H and O–H groups in total. The molecule has 1 aromatic carbocycles. The number of aryl methyl sites for hydroxylation is 1. The zero-order chi connectivity index (χ0) is 20.6. The Morgan fingerprint density at radius 2 is 2.00 bits per heavy atom. The fourth-order valence-electron chi connectivity index (χ4n) is 3.94. The number of rotatable bonds is 4. The number of aliphatic hydroxyl groups excluding tert-OH is 1. The van der Waals surface area contributed by atoms with Crippen molar-refractivity contribution in [2.75, 3.05) is 32.1 Å². The van der Waals surface area contributed by atoms with E-state index in [0.717, 1.165) is 24.4 Å². The molecular formula is C21H26N4O4. The van der Waals surface area contributed by atoms with Crippen molar-refractivity contribution in [1.29, 1.82) is 0 Å². The highest BCUT2D eigenvalue weighted by atomic mass is 16.5. The van der Waals surface area contributed by atoms with Gasteiger partial charge in [-0.05, 0) is 44.5 Å². The van der Waals surface area contributed by atoms with Crippen LogP contribution in [-0.2, 0) is 0 Å². The SMILES string of the molecule is COc1cc(Oc2cc(N3C(=O)NC4(CCN(C)CC4)C3O)ccn2)ccc1C. The van der Waals surface area contributed by atoms with E-state index in [1.54, 1.807) is 31.5 Å². The molecule has 2 aromatic rings. The third-order valence-electron chi connectivity index (χ3n) is 5.79. The number of nitrogens with zero attached hydrogens (tertiary/aromatic N) is 3. The van der Waals surface area contributed by atoms with E-state index in [2.05, 4.69) is 15.2 Å². The van der Waals surface area contributed by atoms with Gasteiger partial charge in [0.15, 0.2) is 6.23 Å². The second-order valence-corrected chi connectivity index (χ2v) is 7.72. The largest absolute Gasteiger partial charge is 0.496 e. The number of carbonyl (C=O) groups excluding carboxylic acids is 1. The molecule has 1 aromatic heterocycles. The molecule has 2 fully saturated rings. The maximum atomic E-state index is 12.7. The zero-order valence-corrected chi connectivity index (χ0v) is 16.9. The maximum Gasteiger partial charge on any atom is 0.324 e. The van der Waals surface area contributed by atoms with E-state index >= 15 is 0 Å². The van der Waals surface area contributed by atoms with Gasteiger partial charge in [0.25, 0.3) is 0 Å². The molecule has 1 atom stereocenters. The summed E-state index contributed by atoms with van der Waals surface area (Å²) in [6, 6.07) is 8.56. The molecule has 1 spiro atoms. The highest BCUT2D eigenvalue weighted by Crippen LogP contribution is 2.36. The fourth-order valence-corrected chi connectivity index (χ4v) is 3.94. The second kappa shape index (κ2) is 7.53. The monoisotopic (exact) mass is 398 g/mol. The summed E-state index contributed by atoms with van der Waals surface area (Å²) in [5, 5.41) is 14.0. The van der Waals surface area contributed by atoms with E-state index in [1.807, 2.05) is 26.1 Å². The first-order valence-corrected chi connectivity index (χ1v) is 9.68. The van der Waals surface area contributed by atoms with E-state index in [4.69, 9.17) is 9.47 Å². The molecule has 2 aliphatic heterocycles. The molecule has 2 aliphatic rings. The fraction of sp³-hybridized carbons (Fsp3) is 0.429. The topological polar surface area (TPSA) is 87.2 Å². The molecule has 3 heterocycles. The summed E-state index contributed by atoms with van der Waals surface area (Å²) in [4.78, 5) is 20.5. The summed E-state index contributed by atoms with van der Waals surface area (Å²) < 4.78 is 11.2. The van der Waals surface area contributed by atoms with E-state index in [9.17, 15) is 9.90 Å². The van der Waals surface area contributed by atoms with Gasteiger partial charge >= 0.3 is 6.03 Å². The summed E-state index contributed by atoms with van der Waals surface area (Å²) in [5.41, 5.74) is 0.912. The number of anilines is 1. The van der Waals surface area contributed by atoms with Crippen molar-refractivity contribution in [2.24, 2.45) is 0 Å². The van der Waals surface area contributed by atoms with Crippen LogP contribution in [0.25, 0.3) is 0 Å². The molecule has 0 bridgehead atoms. The van der Waals surface area contributed by atoms with Gasteiger partial charge in [-0.15, -0.1) is 0 Å². The van der Waals surface area contributed by atoms with Crippen LogP contribution in [0.4, 0.5) is 10.5 Å². The summed E-state index contributed by atoms with van der Waals surface area (Å²) in [7, 11) is 3.65. The molecule has 0 aliphatic carbocycles. The molecule has 0 radical (unpaired) electrons. The molecule has 2 saturated heterocycles. The Morgan fingerprint density at radius 3 is 2.72 bits per heavy atom. The average Bonchev–Trinajstić information content (AvgIpc) is 2.95. The van der Waals surface area contributed by atoms with Gasteiger partial charge in [-0.3, -0.25) is 4.90 Å². The van der Waals surface area contributed by atoms with Crippen molar-refractivity contribution >= 4 is 11.7 Å². The first-order valence-electron chi connectivity index (χ1n) is 9.68. The van der Waals surface area contributed by atoms with Crippen molar-refractivity contribution in [2.45, 2.75) is 31.5 Å². The minimum absolute atomic E-state index is 0.309. The van der Waals surface area contributed by atoms with Gasteiger partial charge in [-0.1, -0.05) is 6.07 Å². The number of pyridine rings is 1. The van der Waals surface area contributed by atoms with Crippen LogP contribution in [0.5, 0.6) is 17.4 Å². The lowest BCUT2D eigenvalue weighted by Gasteiger charge is -2.39.